The molecule has 0 radical (unpaired) electrons. The van der Waals surface area contributed by atoms with E-state index in [1.807, 2.05) is 28.8 Å². The number of fused-ring (bicyclic) bond motifs is 1. The zero-order chi connectivity index (χ0) is 16.6. The molecule has 126 valence electrons. The number of likely N-dealkylation sites (tertiary alicyclic amines) is 1. The maximum atomic E-state index is 12.3. The third-order valence-electron chi connectivity index (χ3n) is 5.32. The predicted molar refractivity (Wildman–Crippen MR) is 97.1 cm³/mol. The average Bonchev–Trinajstić information content (AvgIpc) is 2.88. The summed E-state index contributed by atoms with van der Waals surface area (Å²) in [6, 6.07) is 8.20. The molecule has 0 aromatic heterocycles. The first-order chi connectivity index (χ1) is 10.9. The molecule has 1 N–H and O–H groups in total. The Labute approximate surface area is 143 Å². The van der Waals surface area contributed by atoms with Crippen LogP contribution in [0.15, 0.2) is 29.2 Å². The van der Waals surface area contributed by atoms with E-state index in [4.69, 9.17) is 0 Å². The van der Waals surface area contributed by atoms with Crippen LogP contribution in [0.1, 0.15) is 13.8 Å². The van der Waals surface area contributed by atoms with Gasteiger partial charge in [0, 0.05) is 36.0 Å². The Morgan fingerprint density at radius 3 is 2.43 bits per heavy atom. The number of nitrogens with zero attached hydrogens (tertiary/aromatic N) is 2. The Morgan fingerprint density at radius 1 is 1.26 bits per heavy atom. The van der Waals surface area contributed by atoms with Crippen molar-refractivity contribution in [1.29, 1.82) is 0 Å². The van der Waals surface area contributed by atoms with Gasteiger partial charge in [-0.1, -0.05) is 13.8 Å². The highest BCUT2D eigenvalue weighted by Crippen LogP contribution is 2.61. The number of carbonyl (C=O) groups is 1. The summed E-state index contributed by atoms with van der Waals surface area (Å²) in [7, 11) is 4.17. The standard InChI is InChI=1S/C18H27N3OS/c1-18(2)15-11-21(12-16(15)18)17(22)19-13-5-7-14(8-6-13)23-10-9-20(3)4/h5-8,15-16H,9-12H2,1-4H3,(H,19,22)/t15-,16-/m0/s1. The van der Waals surface area contributed by atoms with Gasteiger partial charge in [0.15, 0.2) is 0 Å². The summed E-state index contributed by atoms with van der Waals surface area (Å²) in [5.74, 6) is 2.47. The van der Waals surface area contributed by atoms with Crippen molar-refractivity contribution in [3.63, 3.8) is 0 Å². The van der Waals surface area contributed by atoms with Crippen molar-refractivity contribution in [3.05, 3.63) is 24.3 Å². The van der Waals surface area contributed by atoms with E-state index < -0.39 is 0 Å². The lowest BCUT2D eigenvalue weighted by Gasteiger charge is -2.22. The fraction of sp³-hybridized carbons (Fsp3) is 0.611. The molecule has 1 aromatic carbocycles. The summed E-state index contributed by atoms with van der Waals surface area (Å²) in [5, 5.41) is 3.02. The van der Waals surface area contributed by atoms with E-state index >= 15 is 0 Å². The van der Waals surface area contributed by atoms with Gasteiger partial charge in [-0.05, 0) is 55.6 Å². The Bertz CT molecular complexity index is 556. The molecule has 0 spiro atoms. The fourth-order valence-corrected chi connectivity index (χ4v) is 4.50. The highest BCUT2D eigenvalue weighted by molar-refractivity contribution is 7.99. The van der Waals surface area contributed by atoms with Crippen molar-refractivity contribution in [2.24, 2.45) is 17.3 Å². The molecule has 5 heteroatoms. The Hall–Kier alpha value is -1.20. The van der Waals surface area contributed by atoms with Gasteiger partial charge in [-0.25, -0.2) is 4.79 Å². The molecule has 1 saturated carbocycles. The van der Waals surface area contributed by atoms with Crippen LogP contribution in [-0.4, -0.2) is 55.3 Å². The third-order valence-corrected chi connectivity index (χ3v) is 6.31. The number of amides is 2. The molecule has 1 saturated heterocycles. The van der Waals surface area contributed by atoms with Gasteiger partial charge in [0.2, 0.25) is 0 Å². The molecule has 2 aliphatic rings. The number of piperidine rings is 1. The van der Waals surface area contributed by atoms with Gasteiger partial charge in [-0.2, -0.15) is 0 Å². The van der Waals surface area contributed by atoms with Gasteiger partial charge in [0.25, 0.3) is 0 Å². The van der Waals surface area contributed by atoms with Crippen LogP contribution < -0.4 is 5.32 Å². The van der Waals surface area contributed by atoms with Crippen LogP contribution in [0.2, 0.25) is 0 Å². The number of hydrogen-bond donors (Lipinski definition) is 1. The van der Waals surface area contributed by atoms with Crippen molar-refractivity contribution in [1.82, 2.24) is 9.80 Å². The monoisotopic (exact) mass is 333 g/mol. The van der Waals surface area contributed by atoms with Crippen LogP contribution in [0.25, 0.3) is 0 Å². The molecule has 0 unspecified atom stereocenters. The summed E-state index contributed by atoms with van der Waals surface area (Å²) in [6.07, 6.45) is 0. The molecule has 0 bridgehead atoms. The van der Waals surface area contributed by atoms with Gasteiger partial charge in [0.1, 0.15) is 0 Å². The number of carbonyl (C=O) groups excluding carboxylic acids is 1. The molecule has 2 fully saturated rings. The molecular formula is C18H27N3OS. The SMILES string of the molecule is CN(C)CCSc1ccc(NC(=O)N2C[C@H]3[C@H](C2)C3(C)C)cc1. The molecule has 2 amide bonds. The van der Waals surface area contributed by atoms with E-state index in [-0.39, 0.29) is 6.03 Å². The minimum atomic E-state index is 0.0426. The summed E-state index contributed by atoms with van der Waals surface area (Å²) in [6.45, 7) is 7.50. The summed E-state index contributed by atoms with van der Waals surface area (Å²) in [4.78, 5) is 17.7. The molecule has 1 aliphatic heterocycles. The van der Waals surface area contributed by atoms with Crippen LogP contribution in [0, 0.1) is 17.3 Å². The minimum absolute atomic E-state index is 0.0426. The summed E-state index contributed by atoms with van der Waals surface area (Å²) < 4.78 is 0. The van der Waals surface area contributed by atoms with E-state index in [9.17, 15) is 4.79 Å². The van der Waals surface area contributed by atoms with Crippen LogP contribution in [0.3, 0.4) is 0 Å². The quantitative estimate of drug-likeness (QED) is 0.838. The van der Waals surface area contributed by atoms with Crippen LogP contribution in [-0.2, 0) is 0 Å². The van der Waals surface area contributed by atoms with Gasteiger partial charge in [-0.15, -0.1) is 11.8 Å². The number of nitrogens with one attached hydrogen (secondary N) is 1. The number of anilines is 1. The first-order valence-corrected chi connectivity index (χ1v) is 9.30. The number of urea groups is 1. The van der Waals surface area contributed by atoms with Crippen molar-refractivity contribution >= 4 is 23.5 Å². The highest BCUT2D eigenvalue weighted by atomic mass is 32.2. The minimum Gasteiger partial charge on any atom is -0.324 e. The van der Waals surface area contributed by atoms with E-state index in [2.05, 4.69) is 50.3 Å². The van der Waals surface area contributed by atoms with E-state index in [1.54, 1.807) is 0 Å². The van der Waals surface area contributed by atoms with Crippen molar-refractivity contribution < 1.29 is 4.79 Å². The van der Waals surface area contributed by atoms with Crippen LogP contribution in [0.5, 0.6) is 0 Å². The number of rotatable bonds is 5. The zero-order valence-electron chi connectivity index (χ0n) is 14.5. The average molecular weight is 334 g/mol. The smallest absolute Gasteiger partial charge is 0.321 e. The second kappa shape index (κ2) is 6.36. The largest absolute Gasteiger partial charge is 0.324 e. The first kappa shape index (κ1) is 16.7. The van der Waals surface area contributed by atoms with Crippen LogP contribution >= 0.6 is 11.8 Å². The van der Waals surface area contributed by atoms with Crippen LogP contribution in [0.4, 0.5) is 10.5 Å². The maximum absolute atomic E-state index is 12.3. The summed E-state index contributed by atoms with van der Waals surface area (Å²) >= 11 is 1.84. The maximum Gasteiger partial charge on any atom is 0.321 e. The lowest BCUT2D eigenvalue weighted by molar-refractivity contribution is 0.209. The van der Waals surface area contributed by atoms with Gasteiger partial charge in [-0.3, -0.25) is 0 Å². The molecule has 2 atom stereocenters. The predicted octanol–water partition coefficient (Wildman–Crippen LogP) is 3.46. The van der Waals surface area contributed by atoms with Crippen molar-refractivity contribution in [2.45, 2.75) is 18.7 Å². The lowest BCUT2D eigenvalue weighted by atomic mass is 10.1. The van der Waals surface area contributed by atoms with E-state index in [0.29, 0.717) is 17.3 Å². The first-order valence-electron chi connectivity index (χ1n) is 8.31. The number of hydrogen-bond acceptors (Lipinski definition) is 3. The highest BCUT2D eigenvalue weighted by Gasteiger charge is 2.62. The lowest BCUT2D eigenvalue weighted by Crippen LogP contribution is -2.36. The van der Waals surface area contributed by atoms with E-state index in [1.165, 1.54) is 4.90 Å². The number of thioether (sulfide) groups is 1. The molecular weight excluding hydrogens is 306 g/mol. The molecule has 23 heavy (non-hydrogen) atoms. The molecule has 1 aliphatic carbocycles. The van der Waals surface area contributed by atoms with Crippen molar-refractivity contribution in [3.8, 4) is 0 Å². The topological polar surface area (TPSA) is 35.6 Å². The normalized spacial score (nSPS) is 24.7. The fourth-order valence-electron chi connectivity index (χ4n) is 3.48. The second-order valence-corrected chi connectivity index (χ2v) is 8.71. The summed E-state index contributed by atoms with van der Waals surface area (Å²) in [5.41, 5.74) is 1.33. The number of benzene rings is 1. The Kier molecular flexibility index (Phi) is 4.61. The van der Waals surface area contributed by atoms with Gasteiger partial charge >= 0.3 is 6.03 Å². The van der Waals surface area contributed by atoms with E-state index in [0.717, 1.165) is 31.1 Å². The van der Waals surface area contributed by atoms with Crippen molar-refractivity contribution in [2.75, 3.05) is 44.8 Å². The molecule has 3 rings (SSSR count). The second-order valence-electron chi connectivity index (χ2n) is 7.55. The molecule has 1 heterocycles. The van der Waals surface area contributed by atoms with Gasteiger partial charge < -0.3 is 15.1 Å². The Morgan fingerprint density at radius 2 is 1.87 bits per heavy atom. The molecule has 1 aromatic rings. The van der Waals surface area contributed by atoms with Gasteiger partial charge in [0.05, 0.1) is 0 Å². The zero-order valence-corrected chi connectivity index (χ0v) is 15.3. The molecule has 4 nitrogen and oxygen atoms in total. The Balaban J connectivity index is 1.46. The third kappa shape index (κ3) is 3.66.